The van der Waals surface area contributed by atoms with Gasteiger partial charge in [-0.2, -0.15) is 0 Å². The molecule has 3 nitrogen and oxygen atoms in total. The lowest BCUT2D eigenvalue weighted by atomic mass is 10.0. The van der Waals surface area contributed by atoms with Crippen molar-refractivity contribution in [3.8, 4) is 0 Å². The number of halogens is 2. The number of hydrogen-bond donors (Lipinski definition) is 3. The number of hydrazine groups is 1. The van der Waals surface area contributed by atoms with Crippen molar-refractivity contribution in [2.24, 2.45) is 0 Å². The Labute approximate surface area is 106 Å². The summed E-state index contributed by atoms with van der Waals surface area (Å²) in [7, 11) is 0. The van der Waals surface area contributed by atoms with Crippen LogP contribution < -0.4 is 16.2 Å². The Bertz CT molecular complexity index is 429. The van der Waals surface area contributed by atoms with E-state index in [0.717, 1.165) is 12.1 Å². The monoisotopic (exact) mass is 255 g/mol. The third-order valence-corrected chi connectivity index (χ3v) is 2.84. The zero-order chi connectivity index (χ0) is 13.3. The van der Waals surface area contributed by atoms with Gasteiger partial charge in [0, 0.05) is 11.1 Å². The van der Waals surface area contributed by atoms with Crippen molar-refractivity contribution in [3.63, 3.8) is 0 Å². The molecule has 1 aromatic carbocycles. The molecule has 100 valence electrons. The minimum atomic E-state index is -0.416. The third kappa shape index (κ3) is 3.25. The minimum absolute atomic E-state index is 0.0330. The van der Waals surface area contributed by atoms with Crippen LogP contribution in [-0.2, 0) is 0 Å². The van der Waals surface area contributed by atoms with Crippen LogP contribution in [0.15, 0.2) is 18.2 Å². The van der Waals surface area contributed by atoms with Gasteiger partial charge in [-0.15, -0.1) is 0 Å². The smallest absolute Gasteiger partial charge is 0.128 e. The van der Waals surface area contributed by atoms with E-state index >= 15 is 0 Å². The largest absolute Gasteiger partial charge is 0.296 e. The standard InChI is InChI=1S/C13H19F2N3/c1-13(2,3)16-12-7-11(17-18-12)9-6-8(14)4-5-10(9)15/h4-6,11-12,16-18H,7H2,1-3H3. The van der Waals surface area contributed by atoms with Crippen LogP contribution >= 0.6 is 0 Å². The first-order valence-corrected chi connectivity index (χ1v) is 6.09. The predicted molar refractivity (Wildman–Crippen MR) is 66.7 cm³/mol. The Morgan fingerprint density at radius 2 is 1.94 bits per heavy atom. The molecule has 1 saturated heterocycles. The predicted octanol–water partition coefficient (Wildman–Crippen LogP) is 2.22. The summed E-state index contributed by atoms with van der Waals surface area (Å²) < 4.78 is 26.8. The molecule has 1 aliphatic rings. The molecule has 1 fully saturated rings. The summed E-state index contributed by atoms with van der Waals surface area (Å²) in [6.07, 6.45) is 0.704. The van der Waals surface area contributed by atoms with E-state index in [0.29, 0.717) is 12.0 Å². The fourth-order valence-electron chi connectivity index (χ4n) is 2.16. The van der Waals surface area contributed by atoms with Gasteiger partial charge in [-0.25, -0.2) is 19.6 Å². The second-order valence-corrected chi connectivity index (χ2v) is 5.69. The van der Waals surface area contributed by atoms with Crippen molar-refractivity contribution in [1.29, 1.82) is 0 Å². The quantitative estimate of drug-likeness (QED) is 0.758. The van der Waals surface area contributed by atoms with E-state index in [4.69, 9.17) is 0 Å². The Hall–Kier alpha value is -1.04. The molecule has 0 spiro atoms. The maximum Gasteiger partial charge on any atom is 0.128 e. The highest BCUT2D eigenvalue weighted by Gasteiger charge is 2.29. The lowest BCUT2D eigenvalue weighted by molar-refractivity contribution is 0.333. The normalized spacial score (nSPS) is 24.5. The Kier molecular flexibility index (Phi) is 3.66. The second kappa shape index (κ2) is 4.91. The van der Waals surface area contributed by atoms with Crippen molar-refractivity contribution in [2.45, 2.75) is 44.9 Å². The van der Waals surface area contributed by atoms with Crippen molar-refractivity contribution < 1.29 is 8.78 Å². The van der Waals surface area contributed by atoms with Crippen LogP contribution in [0.5, 0.6) is 0 Å². The molecule has 2 atom stereocenters. The van der Waals surface area contributed by atoms with Crippen LogP contribution in [0, 0.1) is 11.6 Å². The highest BCUT2D eigenvalue weighted by atomic mass is 19.1. The number of benzene rings is 1. The average molecular weight is 255 g/mol. The molecule has 18 heavy (non-hydrogen) atoms. The van der Waals surface area contributed by atoms with Crippen LogP contribution in [-0.4, -0.2) is 11.7 Å². The molecule has 0 bridgehead atoms. The van der Waals surface area contributed by atoms with E-state index in [-0.39, 0.29) is 23.6 Å². The van der Waals surface area contributed by atoms with Crippen LogP contribution in [0.1, 0.15) is 38.8 Å². The van der Waals surface area contributed by atoms with E-state index in [1.54, 1.807) is 0 Å². The van der Waals surface area contributed by atoms with E-state index in [1.165, 1.54) is 6.07 Å². The van der Waals surface area contributed by atoms with E-state index in [2.05, 4.69) is 36.9 Å². The average Bonchev–Trinajstić information content (AvgIpc) is 2.67. The second-order valence-electron chi connectivity index (χ2n) is 5.69. The van der Waals surface area contributed by atoms with Gasteiger partial charge < -0.3 is 0 Å². The summed E-state index contributed by atoms with van der Waals surface area (Å²) >= 11 is 0. The van der Waals surface area contributed by atoms with Gasteiger partial charge in [0.05, 0.1) is 12.2 Å². The highest BCUT2D eigenvalue weighted by Crippen LogP contribution is 2.25. The zero-order valence-electron chi connectivity index (χ0n) is 10.8. The molecule has 5 heteroatoms. The summed E-state index contributed by atoms with van der Waals surface area (Å²) in [5.41, 5.74) is 6.38. The first-order chi connectivity index (χ1) is 8.35. The Morgan fingerprint density at radius 1 is 1.22 bits per heavy atom. The van der Waals surface area contributed by atoms with Crippen molar-refractivity contribution in [3.05, 3.63) is 35.4 Å². The van der Waals surface area contributed by atoms with Gasteiger partial charge in [-0.05, 0) is 45.4 Å². The summed E-state index contributed by atoms with van der Waals surface area (Å²) in [4.78, 5) is 0. The van der Waals surface area contributed by atoms with Gasteiger partial charge in [0.2, 0.25) is 0 Å². The molecule has 0 aliphatic carbocycles. The highest BCUT2D eigenvalue weighted by molar-refractivity contribution is 5.23. The maximum absolute atomic E-state index is 13.6. The molecule has 1 aliphatic heterocycles. The minimum Gasteiger partial charge on any atom is -0.296 e. The van der Waals surface area contributed by atoms with Crippen LogP contribution in [0.4, 0.5) is 8.78 Å². The maximum atomic E-state index is 13.6. The third-order valence-electron chi connectivity index (χ3n) is 2.84. The molecule has 2 unspecified atom stereocenters. The van der Waals surface area contributed by atoms with Gasteiger partial charge in [-0.1, -0.05) is 0 Å². The summed E-state index contributed by atoms with van der Waals surface area (Å²) in [6, 6.07) is 3.32. The molecular weight excluding hydrogens is 236 g/mol. The Balaban J connectivity index is 2.06. The zero-order valence-corrected chi connectivity index (χ0v) is 10.8. The molecular formula is C13H19F2N3. The first kappa shape index (κ1) is 13.4. The van der Waals surface area contributed by atoms with Gasteiger partial charge in [0.15, 0.2) is 0 Å². The van der Waals surface area contributed by atoms with Crippen LogP contribution in [0.3, 0.4) is 0 Å². The van der Waals surface area contributed by atoms with Crippen LogP contribution in [0.25, 0.3) is 0 Å². The lowest BCUT2D eigenvalue weighted by Crippen LogP contribution is -2.49. The summed E-state index contributed by atoms with van der Waals surface area (Å²) in [5, 5.41) is 3.36. The fourth-order valence-corrected chi connectivity index (χ4v) is 2.16. The topological polar surface area (TPSA) is 36.1 Å². The lowest BCUT2D eigenvalue weighted by Gasteiger charge is -2.25. The SMILES string of the molecule is CC(C)(C)NC1CC(c2cc(F)ccc2F)NN1. The number of nitrogens with one attached hydrogen (secondary N) is 3. The van der Waals surface area contributed by atoms with Crippen molar-refractivity contribution in [2.75, 3.05) is 0 Å². The van der Waals surface area contributed by atoms with E-state index in [9.17, 15) is 8.78 Å². The molecule has 0 saturated carbocycles. The Morgan fingerprint density at radius 3 is 2.61 bits per heavy atom. The van der Waals surface area contributed by atoms with Crippen molar-refractivity contribution in [1.82, 2.24) is 16.2 Å². The molecule has 1 heterocycles. The number of rotatable bonds is 2. The van der Waals surface area contributed by atoms with E-state index < -0.39 is 5.82 Å². The van der Waals surface area contributed by atoms with Gasteiger partial charge >= 0.3 is 0 Å². The van der Waals surface area contributed by atoms with E-state index in [1.807, 2.05) is 0 Å². The molecule has 0 aromatic heterocycles. The summed E-state index contributed by atoms with van der Waals surface area (Å²) in [5.74, 6) is -0.799. The first-order valence-electron chi connectivity index (χ1n) is 6.09. The molecule has 0 radical (unpaired) electrons. The molecule has 2 rings (SSSR count). The summed E-state index contributed by atoms with van der Waals surface area (Å²) in [6.45, 7) is 6.18. The molecule has 1 aromatic rings. The fraction of sp³-hybridized carbons (Fsp3) is 0.538. The molecule has 0 amide bonds. The van der Waals surface area contributed by atoms with Gasteiger partial charge in [0.25, 0.3) is 0 Å². The van der Waals surface area contributed by atoms with Gasteiger partial charge in [0.1, 0.15) is 11.6 Å². The van der Waals surface area contributed by atoms with Crippen LogP contribution in [0.2, 0.25) is 0 Å². The molecule has 3 N–H and O–H groups in total. The number of hydrogen-bond acceptors (Lipinski definition) is 3. The van der Waals surface area contributed by atoms with Crippen molar-refractivity contribution >= 4 is 0 Å². The van der Waals surface area contributed by atoms with Gasteiger partial charge in [-0.3, -0.25) is 5.32 Å².